The molecule has 0 unspecified atom stereocenters. The van der Waals surface area contributed by atoms with Crippen LogP contribution in [0.5, 0.6) is 5.75 Å². The summed E-state index contributed by atoms with van der Waals surface area (Å²) in [5.74, 6) is 0.887. The SMILES string of the molecule is COc1ccc(-c2nc(-c3cc(C(=O)N(C)Cc4ccccc4)c(C)n3C3CCCCC3)cs2)cc1. The van der Waals surface area contributed by atoms with Gasteiger partial charge in [0.15, 0.2) is 0 Å². The lowest BCUT2D eigenvalue weighted by Gasteiger charge is -2.27. The molecule has 5 rings (SSSR count). The van der Waals surface area contributed by atoms with E-state index in [2.05, 4.69) is 35.1 Å². The molecule has 0 bridgehead atoms. The maximum Gasteiger partial charge on any atom is 0.255 e. The number of carbonyl (C=O) groups is 1. The number of rotatable bonds is 7. The number of hydrogen-bond donors (Lipinski definition) is 0. The van der Waals surface area contributed by atoms with E-state index in [1.165, 1.54) is 19.3 Å². The molecule has 2 heterocycles. The number of aromatic nitrogens is 2. The summed E-state index contributed by atoms with van der Waals surface area (Å²) in [7, 11) is 3.56. The van der Waals surface area contributed by atoms with E-state index in [1.54, 1.807) is 18.4 Å². The summed E-state index contributed by atoms with van der Waals surface area (Å²) in [4.78, 5) is 20.5. The van der Waals surface area contributed by atoms with Crippen LogP contribution in [0.25, 0.3) is 22.0 Å². The molecule has 1 amide bonds. The Kier molecular flexibility index (Phi) is 7.23. The van der Waals surface area contributed by atoms with Gasteiger partial charge < -0.3 is 14.2 Å². The first-order valence-corrected chi connectivity index (χ1v) is 13.5. The van der Waals surface area contributed by atoms with Crippen molar-refractivity contribution in [2.45, 2.75) is 51.6 Å². The van der Waals surface area contributed by atoms with Crippen molar-refractivity contribution in [2.24, 2.45) is 0 Å². The van der Waals surface area contributed by atoms with Crippen LogP contribution >= 0.6 is 11.3 Å². The molecule has 1 fully saturated rings. The molecule has 0 spiro atoms. The Morgan fingerprint density at radius 3 is 2.50 bits per heavy atom. The van der Waals surface area contributed by atoms with Gasteiger partial charge in [0.2, 0.25) is 0 Å². The van der Waals surface area contributed by atoms with Crippen LogP contribution in [-0.4, -0.2) is 34.5 Å². The molecule has 6 heteroatoms. The molecular weight excluding hydrogens is 466 g/mol. The number of carbonyl (C=O) groups excluding carboxylic acids is 1. The fraction of sp³-hybridized carbons (Fsp3) is 0.333. The van der Waals surface area contributed by atoms with Crippen molar-refractivity contribution in [1.82, 2.24) is 14.5 Å². The number of hydrogen-bond acceptors (Lipinski definition) is 4. The van der Waals surface area contributed by atoms with E-state index in [9.17, 15) is 4.79 Å². The van der Waals surface area contributed by atoms with Crippen LogP contribution in [0.3, 0.4) is 0 Å². The van der Waals surface area contributed by atoms with Gasteiger partial charge in [-0.15, -0.1) is 11.3 Å². The highest BCUT2D eigenvalue weighted by Crippen LogP contribution is 2.38. The third kappa shape index (κ3) is 4.96. The first kappa shape index (κ1) is 24.3. The third-order valence-electron chi connectivity index (χ3n) is 7.17. The van der Waals surface area contributed by atoms with E-state index in [0.29, 0.717) is 12.6 Å². The molecule has 0 radical (unpaired) electrons. The van der Waals surface area contributed by atoms with E-state index in [4.69, 9.17) is 9.72 Å². The van der Waals surface area contributed by atoms with Gasteiger partial charge in [-0.25, -0.2) is 4.98 Å². The van der Waals surface area contributed by atoms with Crippen LogP contribution in [0, 0.1) is 6.92 Å². The zero-order valence-electron chi connectivity index (χ0n) is 21.2. The molecule has 0 aliphatic heterocycles. The maximum absolute atomic E-state index is 13.6. The standard InChI is InChI=1S/C30H33N3O2S/c1-21-26(30(34)32(2)19-22-10-6-4-7-11-22)18-28(33(21)24-12-8-5-9-13-24)27-20-36-29(31-27)23-14-16-25(35-3)17-15-23/h4,6-7,10-11,14-18,20,24H,5,8-9,12-13,19H2,1-3H3. The number of amides is 1. The average Bonchev–Trinajstić information content (AvgIpc) is 3.54. The maximum atomic E-state index is 13.6. The second kappa shape index (κ2) is 10.7. The van der Waals surface area contributed by atoms with Gasteiger partial charge in [-0.3, -0.25) is 4.79 Å². The Labute approximate surface area is 217 Å². The van der Waals surface area contributed by atoms with Gasteiger partial charge >= 0.3 is 0 Å². The predicted molar refractivity (Wildman–Crippen MR) is 147 cm³/mol. The van der Waals surface area contributed by atoms with E-state index in [0.717, 1.165) is 57.4 Å². The monoisotopic (exact) mass is 499 g/mol. The molecular formula is C30H33N3O2S. The number of benzene rings is 2. The quantitative estimate of drug-likeness (QED) is 0.267. The summed E-state index contributed by atoms with van der Waals surface area (Å²) >= 11 is 1.64. The highest BCUT2D eigenvalue weighted by atomic mass is 32.1. The minimum absolute atomic E-state index is 0.0535. The first-order chi connectivity index (χ1) is 17.5. The smallest absolute Gasteiger partial charge is 0.255 e. The highest BCUT2D eigenvalue weighted by Gasteiger charge is 2.27. The van der Waals surface area contributed by atoms with Gasteiger partial charge in [0.25, 0.3) is 5.91 Å². The molecule has 2 aromatic carbocycles. The van der Waals surface area contributed by atoms with Crippen molar-refractivity contribution in [2.75, 3.05) is 14.2 Å². The summed E-state index contributed by atoms with van der Waals surface area (Å²) in [6.45, 7) is 2.68. The van der Waals surface area contributed by atoms with E-state index < -0.39 is 0 Å². The van der Waals surface area contributed by atoms with E-state index in [-0.39, 0.29) is 5.91 Å². The fourth-order valence-electron chi connectivity index (χ4n) is 5.24. The average molecular weight is 500 g/mol. The lowest BCUT2D eigenvalue weighted by molar-refractivity contribution is 0.0784. The minimum Gasteiger partial charge on any atom is -0.497 e. The Morgan fingerprint density at radius 2 is 1.81 bits per heavy atom. The lowest BCUT2D eigenvalue weighted by Crippen LogP contribution is -2.26. The fourth-order valence-corrected chi connectivity index (χ4v) is 6.06. The first-order valence-electron chi connectivity index (χ1n) is 12.7. The van der Waals surface area contributed by atoms with Crippen molar-refractivity contribution in [3.63, 3.8) is 0 Å². The zero-order valence-corrected chi connectivity index (χ0v) is 22.1. The van der Waals surface area contributed by atoms with Gasteiger partial charge in [-0.1, -0.05) is 49.6 Å². The van der Waals surface area contributed by atoms with E-state index >= 15 is 0 Å². The number of thiazole rings is 1. The molecule has 1 aliphatic carbocycles. The molecule has 186 valence electrons. The van der Waals surface area contributed by atoms with Crippen LogP contribution < -0.4 is 4.74 Å². The Bertz CT molecular complexity index is 1320. The molecule has 4 aromatic rings. The van der Waals surface area contributed by atoms with Gasteiger partial charge in [0.1, 0.15) is 10.8 Å². The van der Waals surface area contributed by atoms with Crippen molar-refractivity contribution in [1.29, 1.82) is 0 Å². The highest BCUT2D eigenvalue weighted by molar-refractivity contribution is 7.13. The van der Waals surface area contributed by atoms with Gasteiger partial charge in [-0.2, -0.15) is 0 Å². The third-order valence-corrected chi connectivity index (χ3v) is 8.07. The Morgan fingerprint density at radius 1 is 1.08 bits per heavy atom. The van der Waals surface area contributed by atoms with Crippen molar-refractivity contribution in [3.8, 4) is 27.7 Å². The molecule has 0 N–H and O–H groups in total. The van der Waals surface area contributed by atoms with Crippen molar-refractivity contribution >= 4 is 17.2 Å². The number of nitrogens with zero attached hydrogens (tertiary/aromatic N) is 3. The molecule has 36 heavy (non-hydrogen) atoms. The molecule has 2 aromatic heterocycles. The number of methoxy groups -OCH3 is 1. The predicted octanol–water partition coefficient (Wildman–Crippen LogP) is 7.37. The molecule has 0 atom stereocenters. The van der Waals surface area contributed by atoms with Crippen LogP contribution in [0.2, 0.25) is 0 Å². The zero-order chi connectivity index (χ0) is 25.1. The summed E-state index contributed by atoms with van der Waals surface area (Å²) in [6.07, 6.45) is 6.03. The lowest BCUT2D eigenvalue weighted by atomic mass is 9.95. The van der Waals surface area contributed by atoms with Crippen LogP contribution in [0.1, 0.15) is 59.8 Å². The second-order valence-electron chi connectivity index (χ2n) is 9.60. The largest absolute Gasteiger partial charge is 0.497 e. The molecule has 0 saturated heterocycles. The summed E-state index contributed by atoms with van der Waals surface area (Å²) in [5, 5.41) is 3.09. The van der Waals surface area contributed by atoms with Crippen LogP contribution in [0.15, 0.2) is 66.0 Å². The van der Waals surface area contributed by atoms with E-state index in [1.807, 2.05) is 54.4 Å². The summed E-state index contributed by atoms with van der Waals surface area (Å²) < 4.78 is 7.70. The normalized spacial score (nSPS) is 14.1. The van der Waals surface area contributed by atoms with Gasteiger partial charge in [0.05, 0.1) is 24.1 Å². The van der Waals surface area contributed by atoms with Gasteiger partial charge in [-0.05, 0) is 55.7 Å². The Balaban J connectivity index is 1.50. The number of ether oxygens (including phenoxy) is 1. The second-order valence-corrected chi connectivity index (χ2v) is 10.5. The van der Waals surface area contributed by atoms with Gasteiger partial charge in [0, 0.05) is 36.3 Å². The van der Waals surface area contributed by atoms with Crippen molar-refractivity contribution < 1.29 is 9.53 Å². The Hall–Kier alpha value is -3.38. The molecule has 5 nitrogen and oxygen atoms in total. The molecule has 1 aliphatic rings. The van der Waals surface area contributed by atoms with Crippen LogP contribution in [-0.2, 0) is 6.54 Å². The minimum atomic E-state index is 0.0535. The van der Waals surface area contributed by atoms with Crippen LogP contribution in [0.4, 0.5) is 0 Å². The molecule has 1 saturated carbocycles. The topological polar surface area (TPSA) is 47.4 Å². The van der Waals surface area contributed by atoms with Crippen molar-refractivity contribution in [3.05, 3.63) is 82.9 Å². The summed E-state index contributed by atoms with van der Waals surface area (Å²) in [5.41, 5.74) is 5.99. The summed E-state index contributed by atoms with van der Waals surface area (Å²) in [6, 6.07) is 20.6.